The first-order valence-electron chi connectivity index (χ1n) is 6.95. The molecule has 0 N–H and O–H groups in total. The lowest BCUT2D eigenvalue weighted by atomic mass is 9.97. The summed E-state index contributed by atoms with van der Waals surface area (Å²) in [7, 11) is 0. The summed E-state index contributed by atoms with van der Waals surface area (Å²) in [5.74, 6) is 0. The van der Waals surface area contributed by atoms with Crippen LogP contribution in [0.1, 0.15) is 21.5 Å². The Balaban J connectivity index is 2.43. The third-order valence-electron chi connectivity index (χ3n) is 3.90. The second kappa shape index (κ2) is 6.12. The molecule has 0 bridgehead atoms. The molecule has 0 amide bonds. The molecule has 2 nitrogen and oxygen atoms in total. The normalized spacial score (nSPS) is 11.0. The molecular weight excluding hydrogens is 353 g/mol. The Kier molecular flexibility index (Phi) is 4.33. The van der Waals surface area contributed by atoms with E-state index in [4.69, 9.17) is 39.8 Å². The molecule has 1 aromatic heterocycles. The highest BCUT2D eigenvalue weighted by Crippen LogP contribution is 2.34. The molecule has 0 fully saturated rings. The Bertz CT molecular complexity index is 933. The highest BCUT2D eigenvalue weighted by molar-refractivity contribution is 6.69. The number of halogens is 3. The lowest BCUT2D eigenvalue weighted by Gasteiger charge is -2.14. The Morgan fingerprint density at radius 3 is 2.22 bits per heavy atom. The summed E-state index contributed by atoms with van der Waals surface area (Å²) in [5.41, 5.74) is 4.26. The van der Waals surface area contributed by atoms with Crippen molar-refractivity contribution in [2.24, 2.45) is 0 Å². The maximum Gasteiger partial charge on any atom is 0.253 e. The first-order valence-corrected chi connectivity index (χ1v) is 8.08. The van der Waals surface area contributed by atoms with E-state index in [1.54, 1.807) is 24.3 Å². The van der Waals surface area contributed by atoms with Gasteiger partial charge in [0.15, 0.2) is 0 Å². The van der Waals surface area contributed by atoms with Crippen molar-refractivity contribution in [3.05, 3.63) is 63.1 Å². The van der Waals surface area contributed by atoms with Gasteiger partial charge >= 0.3 is 0 Å². The van der Waals surface area contributed by atoms with Crippen LogP contribution in [0.15, 0.2) is 36.4 Å². The summed E-state index contributed by atoms with van der Waals surface area (Å²) in [4.78, 5) is 16.7. The summed E-state index contributed by atoms with van der Waals surface area (Å²) in [6, 6.07) is 10.8. The van der Waals surface area contributed by atoms with Crippen LogP contribution in [0.4, 0.5) is 0 Å². The SMILES string of the molecule is Cc1c(-c2ccc(Cl)cc2)nc2c(C)c(Cl)ccc2c1C(=O)Cl. The van der Waals surface area contributed by atoms with Crippen molar-refractivity contribution in [1.29, 1.82) is 0 Å². The predicted molar refractivity (Wildman–Crippen MR) is 96.9 cm³/mol. The van der Waals surface area contributed by atoms with Crippen molar-refractivity contribution >= 4 is 50.9 Å². The third kappa shape index (κ3) is 2.83. The van der Waals surface area contributed by atoms with E-state index in [-0.39, 0.29) is 0 Å². The number of fused-ring (bicyclic) bond motifs is 1. The zero-order valence-electron chi connectivity index (χ0n) is 12.5. The van der Waals surface area contributed by atoms with Crippen molar-refractivity contribution < 1.29 is 4.79 Å². The zero-order chi connectivity index (χ0) is 16.7. The fraction of sp³-hybridized carbons (Fsp3) is 0.111. The third-order valence-corrected chi connectivity index (χ3v) is 4.75. The molecule has 0 aliphatic rings. The Morgan fingerprint density at radius 2 is 1.61 bits per heavy atom. The van der Waals surface area contributed by atoms with Crippen LogP contribution in [-0.4, -0.2) is 10.2 Å². The molecule has 0 unspecified atom stereocenters. The van der Waals surface area contributed by atoms with Crippen molar-refractivity contribution in [3.8, 4) is 11.3 Å². The molecule has 0 atom stereocenters. The molecule has 0 spiro atoms. The van der Waals surface area contributed by atoms with E-state index in [2.05, 4.69) is 0 Å². The molecule has 0 aliphatic heterocycles. The smallest absolute Gasteiger partial charge is 0.253 e. The van der Waals surface area contributed by atoms with Gasteiger partial charge in [0.25, 0.3) is 5.24 Å². The average molecular weight is 365 g/mol. The minimum Gasteiger partial charge on any atom is -0.276 e. The van der Waals surface area contributed by atoms with Gasteiger partial charge in [0.05, 0.1) is 11.2 Å². The quantitative estimate of drug-likeness (QED) is 0.506. The molecule has 116 valence electrons. The van der Waals surface area contributed by atoms with Crippen LogP contribution in [0.3, 0.4) is 0 Å². The fourth-order valence-corrected chi connectivity index (χ4v) is 3.20. The van der Waals surface area contributed by atoms with Gasteiger partial charge in [-0.2, -0.15) is 0 Å². The van der Waals surface area contributed by atoms with E-state index in [9.17, 15) is 4.79 Å². The van der Waals surface area contributed by atoms with Crippen molar-refractivity contribution in [1.82, 2.24) is 4.98 Å². The predicted octanol–water partition coefficient (Wildman–Crippen LogP) is 6.20. The Labute approximate surface area is 149 Å². The summed E-state index contributed by atoms with van der Waals surface area (Å²) in [6.45, 7) is 3.72. The largest absolute Gasteiger partial charge is 0.276 e. The van der Waals surface area contributed by atoms with E-state index < -0.39 is 5.24 Å². The summed E-state index contributed by atoms with van der Waals surface area (Å²) in [5, 5.41) is 1.44. The molecule has 23 heavy (non-hydrogen) atoms. The van der Waals surface area contributed by atoms with Crippen LogP contribution >= 0.6 is 34.8 Å². The van der Waals surface area contributed by atoms with Crippen LogP contribution in [-0.2, 0) is 0 Å². The van der Waals surface area contributed by atoms with Gasteiger partial charge in [-0.1, -0.05) is 41.4 Å². The topological polar surface area (TPSA) is 30.0 Å². The number of rotatable bonds is 2. The summed E-state index contributed by atoms with van der Waals surface area (Å²) < 4.78 is 0. The number of hydrogen-bond donors (Lipinski definition) is 0. The van der Waals surface area contributed by atoms with E-state index in [0.717, 1.165) is 16.7 Å². The summed E-state index contributed by atoms with van der Waals surface area (Å²) in [6.07, 6.45) is 0. The van der Waals surface area contributed by atoms with Crippen molar-refractivity contribution in [3.63, 3.8) is 0 Å². The number of carbonyl (C=O) groups is 1. The van der Waals surface area contributed by atoms with Gasteiger partial charge in [-0.05, 0) is 54.8 Å². The number of carbonyl (C=O) groups excluding carboxylic acids is 1. The number of aromatic nitrogens is 1. The molecule has 2 aromatic carbocycles. The number of benzene rings is 2. The zero-order valence-corrected chi connectivity index (χ0v) is 14.7. The standard InChI is InChI=1S/C18H12Cl3NO/c1-9-14(20)8-7-13-15(18(21)23)10(2)16(22-17(9)13)11-3-5-12(19)6-4-11/h3-8H,1-2H3. The number of nitrogens with zero attached hydrogens (tertiary/aromatic N) is 1. The molecule has 1 heterocycles. The van der Waals surface area contributed by atoms with E-state index in [1.807, 2.05) is 26.0 Å². The van der Waals surface area contributed by atoms with Gasteiger partial charge in [0.2, 0.25) is 0 Å². The van der Waals surface area contributed by atoms with E-state index >= 15 is 0 Å². The molecule has 0 saturated carbocycles. The number of pyridine rings is 1. The second-order valence-corrected chi connectivity index (χ2v) is 6.50. The van der Waals surface area contributed by atoms with Gasteiger partial charge in [0, 0.05) is 26.6 Å². The first-order chi connectivity index (χ1) is 10.9. The molecule has 3 rings (SSSR count). The summed E-state index contributed by atoms with van der Waals surface area (Å²) >= 11 is 18.0. The van der Waals surface area contributed by atoms with Gasteiger partial charge < -0.3 is 0 Å². The number of aryl methyl sites for hydroxylation is 1. The molecule has 5 heteroatoms. The monoisotopic (exact) mass is 363 g/mol. The van der Waals surface area contributed by atoms with Crippen LogP contribution in [0.25, 0.3) is 22.2 Å². The van der Waals surface area contributed by atoms with E-state index in [0.29, 0.717) is 32.2 Å². The molecule has 0 saturated heterocycles. The van der Waals surface area contributed by atoms with Crippen LogP contribution in [0, 0.1) is 13.8 Å². The van der Waals surface area contributed by atoms with Gasteiger partial charge in [0.1, 0.15) is 0 Å². The van der Waals surface area contributed by atoms with Crippen LogP contribution < -0.4 is 0 Å². The lowest BCUT2D eigenvalue weighted by molar-refractivity contribution is 0.108. The van der Waals surface area contributed by atoms with Crippen LogP contribution in [0.5, 0.6) is 0 Å². The molecule has 0 radical (unpaired) electrons. The average Bonchev–Trinajstić information content (AvgIpc) is 2.51. The van der Waals surface area contributed by atoms with Crippen LogP contribution in [0.2, 0.25) is 10.0 Å². The highest BCUT2D eigenvalue weighted by Gasteiger charge is 2.19. The maximum atomic E-state index is 12.0. The first kappa shape index (κ1) is 16.3. The van der Waals surface area contributed by atoms with E-state index in [1.165, 1.54) is 0 Å². The maximum absolute atomic E-state index is 12.0. The minimum absolute atomic E-state index is 0.460. The lowest BCUT2D eigenvalue weighted by Crippen LogP contribution is -2.02. The van der Waals surface area contributed by atoms with Crippen molar-refractivity contribution in [2.75, 3.05) is 0 Å². The minimum atomic E-state index is -0.508. The fourth-order valence-electron chi connectivity index (χ4n) is 2.68. The van der Waals surface area contributed by atoms with Gasteiger partial charge in [-0.25, -0.2) is 4.98 Å². The van der Waals surface area contributed by atoms with Gasteiger partial charge in [-0.15, -0.1) is 0 Å². The van der Waals surface area contributed by atoms with Gasteiger partial charge in [-0.3, -0.25) is 4.79 Å². The molecular formula is C18H12Cl3NO. The molecule has 0 aliphatic carbocycles. The highest BCUT2D eigenvalue weighted by atomic mass is 35.5. The number of hydrogen-bond acceptors (Lipinski definition) is 2. The molecule has 3 aromatic rings. The second-order valence-electron chi connectivity index (χ2n) is 5.31. The Hall–Kier alpha value is -1.61. The Morgan fingerprint density at radius 1 is 0.957 bits per heavy atom. The van der Waals surface area contributed by atoms with Crippen molar-refractivity contribution in [2.45, 2.75) is 13.8 Å².